The maximum atomic E-state index is 13.3. The summed E-state index contributed by atoms with van der Waals surface area (Å²) < 4.78 is 6.10. The Labute approximate surface area is 149 Å². The first-order chi connectivity index (χ1) is 12.1. The van der Waals surface area contributed by atoms with E-state index in [0.29, 0.717) is 12.0 Å². The highest BCUT2D eigenvalue weighted by Gasteiger charge is 2.47. The number of fused-ring (bicyclic) bond motifs is 2. The molecule has 4 rings (SSSR count). The molecular formula is C22H25NO2. The molecule has 0 radical (unpaired) electrons. The second-order valence-electron chi connectivity index (χ2n) is 7.63. The smallest absolute Gasteiger partial charge is 0.321 e. The number of rotatable bonds is 4. The predicted octanol–water partition coefficient (Wildman–Crippen LogP) is 3.63. The molecule has 1 aliphatic heterocycles. The van der Waals surface area contributed by atoms with Gasteiger partial charge in [-0.25, -0.2) is 0 Å². The van der Waals surface area contributed by atoms with Gasteiger partial charge in [-0.3, -0.25) is 4.79 Å². The second-order valence-corrected chi connectivity index (χ2v) is 7.63. The average molecular weight is 335 g/mol. The summed E-state index contributed by atoms with van der Waals surface area (Å²) in [5.41, 5.74) is 1.17. The molecule has 25 heavy (non-hydrogen) atoms. The van der Waals surface area contributed by atoms with Crippen molar-refractivity contribution in [3.63, 3.8) is 0 Å². The molecule has 130 valence electrons. The van der Waals surface area contributed by atoms with Crippen molar-refractivity contribution in [1.29, 1.82) is 0 Å². The quantitative estimate of drug-likeness (QED) is 0.799. The zero-order valence-electron chi connectivity index (χ0n) is 14.9. The molecule has 2 fully saturated rings. The van der Waals surface area contributed by atoms with E-state index in [0.717, 1.165) is 30.5 Å². The van der Waals surface area contributed by atoms with Crippen LogP contribution in [-0.4, -0.2) is 36.6 Å². The van der Waals surface area contributed by atoms with Crippen molar-refractivity contribution in [2.24, 2.45) is 5.92 Å². The number of piperidine rings is 1. The van der Waals surface area contributed by atoms with Gasteiger partial charge in [-0.05, 0) is 31.5 Å². The molecule has 1 saturated heterocycles. The van der Waals surface area contributed by atoms with Crippen LogP contribution in [0.3, 0.4) is 0 Å². The summed E-state index contributed by atoms with van der Waals surface area (Å²) in [5, 5.41) is 0. The van der Waals surface area contributed by atoms with E-state index in [4.69, 9.17) is 4.74 Å². The number of likely N-dealkylation sites (tertiary alicyclic amines) is 1. The van der Waals surface area contributed by atoms with E-state index in [-0.39, 0.29) is 12.1 Å². The zero-order valence-corrected chi connectivity index (χ0v) is 14.9. The lowest BCUT2D eigenvalue weighted by Gasteiger charge is -2.33. The van der Waals surface area contributed by atoms with E-state index in [1.807, 2.05) is 67.6 Å². The summed E-state index contributed by atoms with van der Waals surface area (Å²) in [7, 11) is 2.17. The van der Waals surface area contributed by atoms with E-state index in [1.165, 1.54) is 0 Å². The molecule has 2 bridgehead atoms. The largest absolute Gasteiger partial charge is 0.461 e. The molecule has 3 heteroatoms. The first-order valence-electron chi connectivity index (χ1n) is 9.11. The Bertz CT molecular complexity index is 702. The molecule has 3 nitrogen and oxygen atoms in total. The van der Waals surface area contributed by atoms with E-state index < -0.39 is 5.41 Å². The maximum Gasteiger partial charge on any atom is 0.321 e. The van der Waals surface area contributed by atoms with Crippen LogP contribution in [0, 0.1) is 5.92 Å². The normalized spacial score (nSPS) is 25.9. The average Bonchev–Trinajstić information content (AvgIpc) is 3.21. The molecule has 1 aliphatic carbocycles. The third-order valence-corrected chi connectivity index (χ3v) is 6.12. The number of hydrogen-bond acceptors (Lipinski definition) is 3. The van der Waals surface area contributed by atoms with Crippen LogP contribution in [-0.2, 0) is 14.9 Å². The lowest BCUT2D eigenvalue weighted by molar-refractivity contribution is -0.157. The Kier molecular flexibility index (Phi) is 4.12. The minimum Gasteiger partial charge on any atom is -0.461 e. The molecule has 0 amide bonds. The summed E-state index contributed by atoms with van der Waals surface area (Å²) in [6.07, 6.45) is 2.18. The van der Waals surface area contributed by atoms with Crippen molar-refractivity contribution in [3.05, 3.63) is 71.8 Å². The molecule has 0 aromatic heterocycles. The van der Waals surface area contributed by atoms with Gasteiger partial charge in [0.05, 0.1) is 0 Å². The summed E-state index contributed by atoms with van der Waals surface area (Å²) in [6.45, 7) is 3.02. The molecule has 0 N–H and O–H groups in total. The first kappa shape index (κ1) is 16.3. The Morgan fingerprint density at radius 3 is 2.00 bits per heavy atom. The Hall–Kier alpha value is -2.13. The monoisotopic (exact) mass is 335 g/mol. The van der Waals surface area contributed by atoms with E-state index >= 15 is 0 Å². The van der Waals surface area contributed by atoms with Gasteiger partial charge in [0.2, 0.25) is 0 Å². The van der Waals surface area contributed by atoms with Crippen LogP contribution < -0.4 is 0 Å². The molecule has 2 aromatic carbocycles. The summed E-state index contributed by atoms with van der Waals surface area (Å²) >= 11 is 0. The second kappa shape index (κ2) is 6.30. The van der Waals surface area contributed by atoms with Crippen LogP contribution in [0.15, 0.2) is 60.7 Å². The SMILES string of the molecule is CN1CC2CC1CC2OC(=O)C(C)(c1ccccc1)c1ccccc1. The van der Waals surface area contributed by atoms with Crippen LogP contribution in [0.5, 0.6) is 0 Å². The van der Waals surface area contributed by atoms with Gasteiger partial charge >= 0.3 is 5.97 Å². The van der Waals surface area contributed by atoms with E-state index in [1.54, 1.807) is 0 Å². The van der Waals surface area contributed by atoms with Gasteiger partial charge in [-0.2, -0.15) is 0 Å². The minimum absolute atomic E-state index is 0.0560. The lowest BCUT2D eigenvalue weighted by atomic mass is 9.76. The number of nitrogens with zero attached hydrogens (tertiary/aromatic N) is 1. The number of esters is 1. The van der Waals surface area contributed by atoms with Gasteiger partial charge in [0, 0.05) is 24.9 Å². The van der Waals surface area contributed by atoms with Gasteiger partial charge < -0.3 is 9.64 Å². The molecule has 1 heterocycles. The fraction of sp³-hybridized carbons (Fsp3) is 0.409. The van der Waals surface area contributed by atoms with Crippen LogP contribution in [0.2, 0.25) is 0 Å². The van der Waals surface area contributed by atoms with Crippen LogP contribution in [0.4, 0.5) is 0 Å². The Balaban J connectivity index is 1.64. The summed E-state index contributed by atoms with van der Waals surface area (Å²) in [6, 6.07) is 20.5. The van der Waals surface area contributed by atoms with Crippen molar-refractivity contribution in [2.45, 2.75) is 37.3 Å². The number of carbonyl (C=O) groups is 1. The fourth-order valence-corrected chi connectivity index (χ4v) is 4.47. The molecule has 2 aliphatic rings. The lowest BCUT2D eigenvalue weighted by Crippen LogP contribution is -2.42. The summed E-state index contributed by atoms with van der Waals surface area (Å²) in [4.78, 5) is 15.7. The van der Waals surface area contributed by atoms with Crippen molar-refractivity contribution >= 4 is 5.97 Å². The number of carbonyl (C=O) groups excluding carboxylic acids is 1. The van der Waals surface area contributed by atoms with Crippen molar-refractivity contribution in [3.8, 4) is 0 Å². The standard InChI is InChI=1S/C22H25NO2/c1-22(17-9-5-3-6-10-17,18-11-7-4-8-12-18)21(24)25-20-14-19-13-16(20)15-23(19)2/h3-12,16,19-20H,13-15H2,1-2H3. The fourth-order valence-electron chi connectivity index (χ4n) is 4.47. The third kappa shape index (κ3) is 2.77. The van der Waals surface area contributed by atoms with Gasteiger partial charge in [-0.1, -0.05) is 60.7 Å². The highest BCUT2D eigenvalue weighted by Crippen LogP contribution is 2.41. The number of hydrogen-bond donors (Lipinski definition) is 0. The zero-order chi connectivity index (χ0) is 17.4. The van der Waals surface area contributed by atoms with Crippen molar-refractivity contribution in [1.82, 2.24) is 4.90 Å². The molecule has 3 unspecified atom stereocenters. The van der Waals surface area contributed by atoms with Gasteiger partial charge in [-0.15, -0.1) is 0 Å². The molecule has 2 aromatic rings. The molecular weight excluding hydrogens is 310 g/mol. The van der Waals surface area contributed by atoms with E-state index in [9.17, 15) is 4.79 Å². The Morgan fingerprint density at radius 1 is 1.00 bits per heavy atom. The van der Waals surface area contributed by atoms with Gasteiger partial charge in [0.25, 0.3) is 0 Å². The molecule has 3 atom stereocenters. The van der Waals surface area contributed by atoms with Crippen LogP contribution >= 0.6 is 0 Å². The molecule has 1 saturated carbocycles. The van der Waals surface area contributed by atoms with Crippen molar-refractivity contribution < 1.29 is 9.53 Å². The summed E-state index contributed by atoms with van der Waals surface area (Å²) in [5.74, 6) is 0.347. The number of ether oxygens (including phenoxy) is 1. The Morgan fingerprint density at radius 2 is 1.56 bits per heavy atom. The predicted molar refractivity (Wildman–Crippen MR) is 98.4 cm³/mol. The van der Waals surface area contributed by atoms with Gasteiger partial charge in [0.15, 0.2) is 0 Å². The van der Waals surface area contributed by atoms with Crippen LogP contribution in [0.1, 0.15) is 30.9 Å². The topological polar surface area (TPSA) is 29.5 Å². The molecule has 0 spiro atoms. The maximum absolute atomic E-state index is 13.3. The number of benzene rings is 2. The first-order valence-corrected chi connectivity index (χ1v) is 9.11. The highest BCUT2D eigenvalue weighted by atomic mass is 16.5. The highest BCUT2D eigenvalue weighted by molar-refractivity contribution is 5.87. The van der Waals surface area contributed by atoms with Crippen LogP contribution in [0.25, 0.3) is 0 Å². The van der Waals surface area contributed by atoms with Crippen molar-refractivity contribution in [2.75, 3.05) is 13.6 Å². The third-order valence-electron chi connectivity index (χ3n) is 6.12. The minimum atomic E-state index is -0.781. The van der Waals surface area contributed by atoms with E-state index in [2.05, 4.69) is 11.9 Å². The van der Waals surface area contributed by atoms with Gasteiger partial charge in [0.1, 0.15) is 11.5 Å².